The molecule has 3 aromatic rings. The van der Waals surface area contributed by atoms with Gasteiger partial charge in [0.25, 0.3) is 0 Å². The first kappa shape index (κ1) is 19.7. The molecule has 1 fully saturated rings. The van der Waals surface area contributed by atoms with Gasteiger partial charge in [-0.25, -0.2) is 0 Å². The fourth-order valence-electron chi connectivity index (χ4n) is 4.82. The summed E-state index contributed by atoms with van der Waals surface area (Å²) in [4.78, 5) is 2.61. The van der Waals surface area contributed by atoms with Crippen LogP contribution < -0.4 is 0 Å². The lowest BCUT2D eigenvalue weighted by Gasteiger charge is -2.36. The summed E-state index contributed by atoms with van der Waals surface area (Å²) in [5.41, 5.74) is 4.04. The first-order chi connectivity index (χ1) is 14.3. The highest BCUT2D eigenvalue weighted by molar-refractivity contribution is 5.30. The molecule has 29 heavy (non-hydrogen) atoms. The van der Waals surface area contributed by atoms with Gasteiger partial charge in [-0.3, -0.25) is 4.90 Å². The molecular weight excluding hydrogens is 354 g/mol. The zero-order valence-electron chi connectivity index (χ0n) is 17.1. The number of hydrogen-bond acceptors (Lipinski definition) is 2. The molecule has 2 nitrogen and oxygen atoms in total. The molecule has 0 spiro atoms. The summed E-state index contributed by atoms with van der Waals surface area (Å²) in [6.45, 7) is 3.03. The highest BCUT2D eigenvalue weighted by Gasteiger charge is 2.28. The lowest BCUT2D eigenvalue weighted by Crippen LogP contribution is -2.33. The summed E-state index contributed by atoms with van der Waals surface area (Å²) < 4.78 is 0. The third kappa shape index (κ3) is 5.48. The van der Waals surface area contributed by atoms with E-state index in [9.17, 15) is 5.11 Å². The molecule has 1 N–H and O–H groups in total. The Labute approximate surface area is 174 Å². The van der Waals surface area contributed by atoms with Crippen molar-refractivity contribution >= 4 is 0 Å². The normalized spacial score (nSPS) is 19.3. The van der Waals surface area contributed by atoms with Crippen LogP contribution in [0, 0.1) is 5.92 Å². The average molecular weight is 386 g/mol. The summed E-state index contributed by atoms with van der Waals surface area (Å²) in [5.74, 6) is 1.54. The van der Waals surface area contributed by atoms with E-state index in [1.54, 1.807) is 6.07 Å². The Morgan fingerprint density at radius 2 is 1.34 bits per heavy atom. The number of phenolic OH excluding ortho intramolecular Hbond substituents is 1. The molecule has 0 radical (unpaired) electrons. The van der Waals surface area contributed by atoms with E-state index in [0.29, 0.717) is 17.6 Å². The molecule has 0 bridgehead atoms. The third-order valence-electron chi connectivity index (χ3n) is 6.20. The summed E-state index contributed by atoms with van der Waals surface area (Å²) in [7, 11) is 0. The Morgan fingerprint density at radius 3 is 1.97 bits per heavy atom. The van der Waals surface area contributed by atoms with Gasteiger partial charge in [0.05, 0.1) is 0 Å². The SMILES string of the molecule is Oc1cccc([C@H]2CCCC[C@@H]2CN(Cc2ccccc2)Cc2ccccc2)c1. The van der Waals surface area contributed by atoms with Crippen LogP contribution in [0.3, 0.4) is 0 Å². The molecule has 0 aliphatic heterocycles. The zero-order valence-corrected chi connectivity index (χ0v) is 17.1. The van der Waals surface area contributed by atoms with Crippen molar-refractivity contribution in [3.63, 3.8) is 0 Å². The lowest BCUT2D eigenvalue weighted by molar-refractivity contribution is 0.170. The molecular formula is C27H31NO. The summed E-state index contributed by atoms with van der Waals surface area (Å²) in [6.07, 6.45) is 5.08. The Morgan fingerprint density at radius 1 is 0.724 bits per heavy atom. The van der Waals surface area contributed by atoms with Crippen molar-refractivity contribution in [2.45, 2.75) is 44.7 Å². The molecule has 2 atom stereocenters. The molecule has 0 heterocycles. The van der Waals surface area contributed by atoms with Crippen molar-refractivity contribution in [3.05, 3.63) is 102 Å². The molecule has 4 rings (SSSR count). The van der Waals surface area contributed by atoms with Crippen molar-refractivity contribution in [2.24, 2.45) is 5.92 Å². The van der Waals surface area contributed by atoms with E-state index in [1.807, 2.05) is 12.1 Å². The Hall–Kier alpha value is -2.58. The maximum absolute atomic E-state index is 9.99. The minimum atomic E-state index is 0.386. The minimum Gasteiger partial charge on any atom is -0.508 e. The van der Waals surface area contributed by atoms with Gasteiger partial charge in [-0.1, -0.05) is 85.6 Å². The molecule has 0 unspecified atom stereocenters. The number of aromatic hydroxyl groups is 1. The van der Waals surface area contributed by atoms with Crippen LogP contribution in [0.4, 0.5) is 0 Å². The molecule has 0 aromatic heterocycles. The number of rotatable bonds is 7. The predicted octanol–water partition coefficient (Wildman–Crippen LogP) is 6.37. The first-order valence-corrected chi connectivity index (χ1v) is 10.9. The molecule has 1 aliphatic carbocycles. The van der Waals surface area contributed by atoms with Crippen molar-refractivity contribution in [2.75, 3.05) is 6.54 Å². The Kier molecular flexibility index (Phi) is 6.63. The van der Waals surface area contributed by atoms with E-state index in [1.165, 1.54) is 42.4 Å². The largest absolute Gasteiger partial charge is 0.508 e. The van der Waals surface area contributed by atoms with E-state index in [2.05, 4.69) is 71.6 Å². The molecule has 150 valence electrons. The smallest absolute Gasteiger partial charge is 0.115 e. The maximum atomic E-state index is 9.99. The summed E-state index contributed by atoms with van der Waals surface area (Å²) in [6, 6.07) is 29.5. The van der Waals surface area contributed by atoms with E-state index in [0.717, 1.165) is 19.6 Å². The second-order valence-corrected chi connectivity index (χ2v) is 8.39. The monoisotopic (exact) mass is 385 g/mol. The Balaban J connectivity index is 1.54. The van der Waals surface area contributed by atoms with Crippen LogP contribution in [0.15, 0.2) is 84.9 Å². The topological polar surface area (TPSA) is 23.5 Å². The van der Waals surface area contributed by atoms with Gasteiger partial charge < -0.3 is 5.11 Å². The molecule has 1 saturated carbocycles. The van der Waals surface area contributed by atoms with Crippen molar-refractivity contribution in [1.29, 1.82) is 0 Å². The molecule has 3 aromatic carbocycles. The minimum absolute atomic E-state index is 0.386. The first-order valence-electron chi connectivity index (χ1n) is 10.9. The number of nitrogens with zero attached hydrogens (tertiary/aromatic N) is 1. The molecule has 2 heteroatoms. The highest BCUT2D eigenvalue weighted by Crippen LogP contribution is 2.39. The highest BCUT2D eigenvalue weighted by atomic mass is 16.3. The van der Waals surface area contributed by atoms with Crippen molar-refractivity contribution in [1.82, 2.24) is 4.90 Å². The number of phenols is 1. The van der Waals surface area contributed by atoms with Gasteiger partial charge in [0.1, 0.15) is 5.75 Å². The van der Waals surface area contributed by atoms with Gasteiger partial charge in [-0.2, -0.15) is 0 Å². The van der Waals surface area contributed by atoms with Crippen LogP contribution in [-0.2, 0) is 13.1 Å². The summed E-state index contributed by atoms with van der Waals surface area (Å²) in [5, 5.41) is 9.99. The van der Waals surface area contributed by atoms with Crippen molar-refractivity contribution < 1.29 is 5.11 Å². The van der Waals surface area contributed by atoms with Crippen LogP contribution in [0.25, 0.3) is 0 Å². The standard InChI is InChI=1S/C27H31NO/c29-26-16-9-15-24(18-26)27-17-8-7-14-25(27)21-28(19-22-10-3-1-4-11-22)20-23-12-5-2-6-13-23/h1-6,9-13,15-16,18,25,27,29H,7-8,14,17,19-21H2/t25-,27-/m1/s1. The predicted molar refractivity (Wildman–Crippen MR) is 120 cm³/mol. The zero-order chi connectivity index (χ0) is 19.9. The fraction of sp³-hybridized carbons (Fsp3) is 0.333. The van der Waals surface area contributed by atoms with E-state index < -0.39 is 0 Å². The van der Waals surface area contributed by atoms with Crippen LogP contribution in [0.2, 0.25) is 0 Å². The van der Waals surface area contributed by atoms with Gasteiger partial charge in [0, 0.05) is 19.6 Å². The number of benzene rings is 3. The molecule has 0 saturated heterocycles. The van der Waals surface area contributed by atoms with Gasteiger partial charge in [-0.15, -0.1) is 0 Å². The Bertz CT molecular complexity index is 836. The summed E-state index contributed by atoms with van der Waals surface area (Å²) >= 11 is 0. The van der Waals surface area contributed by atoms with Crippen LogP contribution in [-0.4, -0.2) is 16.6 Å². The quantitative estimate of drug-likeness (QED) is 0.511. The molecule has 1 aliphatic rings. The van der Waals surface area contributed by atoms with Crippen LogP contribution in [0.5, 0.6) is 5.75 Å². The van der Waals surface area contributed by atoms with Gasteiger partial charge in [0.2, 0.25) is 0 Å². The van der Waals surface area contributed by atoms with Crippen LogP contribution in [0.1, 0.15) is 48.3 Å². The lowest BCUT2D eigenvalue weighted by atomic mass is 9.75. The maximum Gasteiger partial charge on any atom is 0.115 e. The van der Waals surface area contributed by atoms with Gasteiger partial charge in [0.15, 0.2) is 0 Å². The van der Waals surface area contributed by atoms with Crippen molar-refractivity contribution in [3.8, 4) is 5.75 Å². The average Bonchev–Trinajstić information content (AvgIpc) is 2.75. The van der Waals surface area contributed by atoms with E-state index >= 15 is 0 Å². The fourth-order valence-corrected chi connectivity index (χ4v) is 4.82. The van der Waals surface area contributed by atoms with E-state index in [-0.39, 0.29) is 0 Å². The third-order valence-corrected chi connectivity index (χ3v) is 6.20. The second kappa shape index (κ2) is 9.76. The second-order valence-electron chi connectivity index (χ2n) is 8.39. The van der Waals surface area contributed by atoms with Gasteiger partial charge >= 0.3 is 0 Å². The molecule has 0 amide bonds. The van der Waals surface area contributed by atoms with Gasteiger partial charge in [-0.05, 0) is 53.5 Å². The number of hydrogen-bond donors (Lipinski definition) is 1. The van der Waals surface area contributed by atoms with Crippen LogP contribution >= 0.6 is 0 Å². The van der Waals surface area contributed by atoms with E-state index in [4.69, 9.17) is 0 Å².